The summed E-state index contributed by atoms with van der Waals surface area (Å²) < 4.78 is 6.25. The van der Waals surface area contributed by atoms with E-state index in [4.69, 9.17) is 4.74 Å². The monoisotopic (exact) mass is 323 g/mol. The molecule has 3 rings (SSSR count). The first-order chi connectivity index (χ1) is 10.8. The summed E-state index contributed by atoms with van der Waals surface area (Å²) in [6, 6.07) is 0.664. The highest BCUT2D eigenvalue weighted by Gasteiger charge is 2.61. The lowest BCUT2D eigenvalue weighted by atomic mass is 9.70. The minimum absolute atomic E-state index is 0.298. The van der Waals surface area contributed by atoms with Crippen molar-refractivity contribution in [3.8, 4) is 0 Å². The Kier molecular flexibility index (Phi) is 5.11. The SMILES string of the molecule is CN(C[C@@H](O)CO[C@@H]1C[C@@H]2CC[C@@]1(C)C2(C)C)C1CCCCC1. The fraction of sp³-hybridized carbons (Fsp3) is 1.00. The Morgan fingerprint density at radius 2 is 1.83 bits per heavy atom. The predicted molar refractivity (Wildman–Crippen MR) is 94.5 cm³/mol. The van der Waals surface area contributed by atoms with Gasteiger partial charge in [-0.3, -0.25) is 0 Å². The molecule has 3 aliphatic carbocycles. The molecule has 0 amide bonds. The maximum atomic E-state index is 10.4. The Hall–Kier alpha value is -0.120. The fourth-order valence-corrected chi connectivity index (χ4v) is 5.67. The van der Waals surface area contributed by atoms with E-state index >= 15 is 0 Å². The zero-order valence-corrected chi connectivity index (χ0v) is 15.7. The average Bonchev–Trinajstić information content (AvgIpc) is 2.86. The van der Waals surface area contributed by atoms with Crippen LogP contribution in [0.15, 0.2) is 0 Å². The van der Waals surface area contributed by atoms with Crippen LogP contribution in [0.25, 0.3) is 0 Å². The van der Waals surface area contributed by atoms with Crippen LogP contribution in [0.2, 0.25) is 0 Å². The van der Waals surface area contributed by atoms with Gasteiger partial charge in [0.2, 0.25) is 0 Å². The van der Waals surface area contributed by atoms with Crippen molar-refractivity contribution in [2.75, 3.05) is 20.2 Å². The van der Waals surface area contributed by atoms with Crippen LogP contribution in [0, 0.1) is 16.7 Å². The van der Waals surface area contributed by atoms with Gasteiger partial charge in [0.05, 0.1) is 18.8 Å². The molecule has 3 aliphatic rings. The Labute approximate surface area is 142 Å². The molecular formula is C20H37NO2. The third kappa shape index (κ3) is 3.21. The van der Waals surface area contributed by atoms with E-state index in [9.17, 15) is 5.11 Å². The number of rotatable bonds is 6. The summed E-state index contributed by atoms with van der Waals surface area (Å²) in [6.07, 6.45) is 10.5. The minimum atomic E-state index is -0.354. The largest absolute Gasteiger partial charge is 0.389 e. The van der Waals surface area contributed by atoms with Crippen LogP contribution in [-0.4, -0.2) is 48.5 Å². The molecule has 0 radical (unpaired) electrons. The number of aliphatic hydroxyl groups excluding tert-OH is 1. The quantitative estimate of drug-likeness (QED) is 0.806. The van der Waals surface area contributed by atoms with Crippen LogP contribution in [0.5, 0.6) is 0 Å². The molecule has 3 fully saturated rings. The highest BCUT2D eigenvalue weighted by molar-refractivity contribution is 5.11. The van der Waals surface area contributed by atoms with E-state index < -0.39 is 0 Å². The maximum Gasteiger partial charge on any atom is 0.0900 e. The van der Waals surface area contributed by atoms with E-state index in [1.54, 1.807) is 0 Å². The average molecular weight is 324 g/mol. The second kappa shape index (κ2) is 6.65. The number of nitrogens with zero attached hydrogens (tertiary/aromatic N) is 1. The van der Waals surface area contributed by atoms with Crippen molar-refractivity contribution >= 4 is 0 Å². The number of ether oxygens (including phenoxy) is 1. The van der Waals surface area contributed by atoms with Crippen LogP contribution in [0.3, 0.4) is 0 Å². The van der Waals surface area contributed by atoms with Gasteiger partial charge in [-0.05, 0) is 55.9 Å². The lowest BCUT2D eigenvalue weighted by Gasteiger charge is -2.39. The molecule has 0 saturated heterocycles. The topological polar surface area (TPSA) is 32.7 Å². The van der Waals surface area contributed by atoms with E-state index in [1.165, 1.54) is 51.4 Å². The summed E-state index contributed by atoms with van der Waals surface area (Å²) in [4.78, 5) is 2.36. The van der Waals surface area contributed by atoms with Gasteiger partial charge in [0.1, 0.15) is 0 Å². The molecule has 0 unspecified atom stereocenters. The molecule has 3 saturated carbocycles. The molecule has 134 valence electrons. The Balaban J connectivity index is 1.45. The zero-order valence-electron chi connectivity index (χ0n) is 15.7. The van der Waals surface area contributed by atoms with Crippen LogP contribution >= 0.6 is 0 Å². The Morgan fingerprint density at radius 3 is 2.39 bits per heavy atom. The Morgan fingerprint density at radius 1 is 1.13 bits per heavy atom. The molecule has 0 spiro atoms. The molecule has 23 heavy (non-hydrogen) atoms. The molecule has 0 aliphatic heterocycles. The third-order valence-electron chi connectivity index (χ3n) is 7.90. The highest BCUT2D eigenvalue weighted by atomic mass is 16.5. The molecule has 0 aromatic carbocycles. The number of hydrogen-bond acceptors (Lipinski definition) is 3. The van der Waals surface area contributed by atoms with Gasteiger partial charge in [-0.1, -0.05) is 40.0 Å². The third-order valence-corrected chi connectivity index (χ3v) is 7.90. The standard InChI is InChI=1S/C20H37NO2/c1-19(2)15-10-11-20(19,3)18(12-15)23-14-17(22)13-21(4)16-8-6-5-7-9-16/h15-18,22H,5-14H2,1-4H3/t15-,17+,18+,20+/m0/s1. The van der Waals surface area contributed by atoms with Crippen molar-refractivity contribution in [3.63, 3.8) is 0 Å². The van der Waals surface area contributed by atoms with Crippen LogP contribution in [0.4, 0.5) is 0 Å². The van der Waals surface area contributed by atoms with Gasteiger partial charge in [0.25, 0.3) is 0 Å². The summed E-state index contributed by atoms with van der Waals surface area (Å²) in [7, 11) is 2.17. The first-order valence-corrected chi connectivity index (χ1v) is 9.84. The summed E-state index contributed by atoms with van der Waals surface area (Å²) in [5.74, 6) is 0.805. The zero-order chi connectivity index (χ0) is 16.7. The van der Waals surface area contributed by atoms with Gasteiger partial charge in [-0.2, -0.15) is 0 Å². The second-order valence-corrected chi connectivity index (χ2v) is 9.32. The van der Waals surface area contributed by atoms with Gasteiger partial charge in [0, 0.05) is 12.6 Å². The van der Waals surface area contributed by atoms with Crippen LogP contribution in [0.1, 0.15) is 72.1 Å². The van der Waals surface area contributed by atoms with Crippen molar-refractivity contribution < 1.29 is 9.84 Å². The lowest BCUT2D eigenvalue weighted by molar-refractivity contribution is -0.0802. The number of fused-ring (bicyclic) bond motifs is 2. The smallest absolute Gasteiger partial charge is 0.0900 e. The predicted octanol–water partition coefficient (Wildman–Crippen LogP) is 3.84. The number of likely N-dealkylation sites (N-methyl/N-ethyl adjacent to an activating group) is 1. The normalized spacial score (nSPS) is 38.3. The molecular weight excluding hydrogens is 286 g/mol. The maximum absolute atomic E-state index is 10.4. The van der Waals surface area contributed by atoms with Crippen molar-refractivity contribution in [2.45, 2.75) is 90.4 Å². The van der Waals surface area contributed by atoms with Crippen molar-refractivity contribution in [3.05, 3.63) is 0 Å². The summed E-state index contributed by atoms with van der Waals surface area (Å²) in [6.45, 7) is 8.49. The molecule has 0 aromatic heterocycles. The van der Waals surface area contributed by atoms with E-state index in [0.29, 0.717) is 29.6 Å². The molecule has 1 N–H and O–H groups in total. The van der Waals surface area contributed by atoms with Gasteiger partial charge in [-0.15, -0.1) is 0 Å². The summed E-state index contributed by atoms with van der Waals surface area (Å²) in [5.41, 5.74) is 0.689. The van der Waals surface area contributed by atoms with E-state index in [-0.39, 0.29) is 6.10 Å². The Bertz CT molecular complexity index is 404. The van der Waals surface area contributed by atoms with E-state index in [1.807, 2.05) is 0 Å². The van der Waals surface area contributed by atoms with E-state index in [0.717, 1.165) is 12.5 Å². The highest BCUT2D eigenvalue weighted by Crippen LogP contribution is 2.66. The minimum Gasteiger partial charge on any atom is -0.389 e. The molecule has 4 atom stereocenters. The first-order valence-electron chi connectivity index (χ1n) is 9.84. The molecule has 3 heteroatoms. The molecule has 3 nitrogen and oxygen atoms in total. The lowest BCUT2D eigenvalue weighted by Crippen LogP contribution is -2.42. The van der Waals surface area contributed by atoms with Crippen LogP contribution < -0.4 is 0 Å². The first kappa shape index (κ1) is 17.7. The molecule has 0 aromatic rings. The number of hydrogen-bond donors (Lipinski definition) is 1. The molecule has 2 bridgehead atoms. The summed E-state index contributed by atoms with van der Waals surface area (Å²) >= 11 is 0. The number of aliphatic hydroxyl groups is 1. The van der Waals surface area contributed by atoms with Gasteiger partial charge in [-0.25, -0.2) is 0 Å². The molecule has 0 heterocycles. The van der Waals surface area contributed by atoms with Crippen molar-refractivity contribution in [1.29, 1.82) is 0 Å². The fourth-order valence-electron chi connectivity index (χ4n) is 5.67. The van der Waals surface area contributed by atoms with Gasteiger partial charge >= 0.3 is 0 Å². The van der Waals surface area contributed by atoms with Crippen molar-refractivity contribution in [2.24, 2.45) is 16.7 Å². The second-order valence-electron chi connectivity index (χ2n) is 9.32. The van der Waals surface area contributed by atoms with Crippen LogP contribution in [-0.2, 0) is 4.74 Å². The van der Waals surface area contributed by atoms with E-state index in [2.05, 4.69) is 32.7 Å². The van der Waals surface area contributed by atoms with Gasteiger partial charge < -0.3 is 14.7 Å². The van der Waals surface area contributed by atoms with Crippen molar-refractivity contribution in [1.82, 2.24) is 4.90 Å². The van der Waals surface area contributed by atoms with Gasteiger partial charge in [0.15, 0.2) is 0 Å². The summed E-state index contributed by atoms with van der Waals surface area (Å²) in [5, 5.41) is 10.4.